The highest BCUT2D eigenvalue weighted by Crippen LogP contribution is 2.29. The highest BCUT2D eigenvalue weighted by atomic mass is 16.6. The van der Waals surface area contributed by atoms with Crippen LogP contribution in [-0.4, -0.2) is 46.1 Å². The van der Waals surface area contributed by atoms with Crippen LogP contribution >= 0.6 is 0 Å². The predicted octanol–water partition coefficient (Wildman–Crippen LogP) is 6.79. The van der Waals surface area contributed by atoms with E-state index in [1.54, 1.807) is 32.9 Å². The Bertz CT molecular complexity index is 1350. The van der Waals surface area contributed by atoms with Gasteiger partial charge >= 0.3 is 6.09 Å². The summed E-state index contributed by atoms with van der Waals surface area (Å²) in [5, 5.41) is 18.0. The number of phenolic OH excluding ortho intramolecular Hbond substituents is 1. The lowest BCUT2D eigenvalue weighted by molar-refractivity contribution is -0.141. The molecule has 2 atom stereocenters. The molecule has 41 heavy (non-hydrogen) atoms. The molecule has 3 aromatic rings. The fraction of sp³-hybridized carbons (Fsp3) is 0.424. The molecule has 3 rings (SSSR count). The van der Waals surface area contributed by atoms with E-state index in [9.17, 15) is 19.5 Å². The number of nitrogens with zero attached hydrogens (tertiary/aromatic N) is 1. The molecule has 3 N–H and O–H groups in total. The molecule has 3 amide bonds. The Morgan fingerprint density at radius 3 is 2.27 bits per heavy atom. The number of rotatable bonds is 11. The Morgan fingerprint density at radius 2 is 1.63 bits per heavy atom. The zero-order chi connectivity index (χ0) is 30.2. The second-order valence-electron chi connectivity index (χ2n) is 11.7. The average Bonchev–Trinajstić information content (AvgIpc) is 2.89. The van der Waals surface area contributed by atoms with Crippen LogP contribution in [0.1, 0.15) is 72.4 Å². The molecule has 220 valence electrons. The molecule has 0 radical (unpaired) electrons. The van der Waals surface area contributed by atoms with E-state index >= 15 is 0 Å². The first-order chi connectivity index (χ1) is 19.4. The number of fused-ring (bicyclic) bond motifs is 1. The number of hydrogen-bond acceptors (Lipinski definition) is 5. The number of anilines is 1. The number of hydrogen-bond donors (Lipinski definition) is 3. The van der Waals surface area contributed by atoms with Crippen LogP contribution < -0.4 is 10.6 Å². The van der Waals surface area contributed by atoms with Crippen LogP contribution in [0.4, 0.5) is 10.5 Å². The lowest BCUT2D eigenvalue weighted by Crippen LogP contribution is -2.54. The number of amides is 3. The minimum atomic E-state index is -1.06. The molecule has 0 aliphatic heterocycles. The molecule has 0 aliphatic rings. The van der Waals surface area contributed by atoms with E-state index in [1.807, 2.05) is 56.3 Å². The fourth-order valence-corrected chi connectivity index (χ4v) is 4.67. The quantitative estimate of drug-likeness (QED) is 0.223. The van der Waals surface area contributed by atoms with Gasteiger partial charge in [-0.25, -0.2) is 4.79 Å². The number of unbranched alkanes of at least 4 members (excludes halogenated alkanes) is 2. The van der Waals surface area contributed by atoms with Crippen molar-refractivity contribution in [1.82, 2.24) is 10.2 Å². The Balaban J connectivity index is 2.02. The number of ether oxygens (including phenoxy) is 1. The van der Waals surface area contributed by atoms with Gasteiger partial charge in [0.25, 0.3) is 5.91 Å². The molecular formula is C33H43N3O5. The van der Waals surface area contributed by atoms with Gasteiger partial charge in [-0.05, 0) is 73.7 Å². The standard InChI is InChI=1S/C33H43N3O5/c1-7-8-11-19-36(31(39)28(22(2)3)35-32(40)41-33(4,5)6)29(25-15-12-16-27(37)21-25)30(38)34-26-18-17-23-13-9-10-14-24(23)20-26/h9-10,12-18,20-22,28-29,37H,7-8,11,19H2,1-6H3,(H,34,38)(H,35,40). The summed E-state index contributed by atoms with van der Waals surface area (Å²) in [6.07, 6.45) is 1.74. The van der Waals surface area contributed by atoms with Gasteiger partial charge in [-0.2, -0.15) is 0 Å². The first kappa shape index (κ1) is 31.5. The van der Waals surface area contributed by atoms with Crippen molar-refractivity contribution in [3.63, 3.8) is 0 Å². The zero-order valence-corrected chi connectivity index (χ0v) is 24.9. The molecule has 2 unspecified atom stereocenters. The van der Waals surface area contributed by atoms with Crippen molar-refractivity contribution in [2.75, 3.05) is 11.9 Å². The van der Waals surface area contributed by atoms with Crippen molar-refractivity contribution in [1.29, 1.82) is 0 Å². The first-order valence-corrected chi connectivity index (χ1v) is 14.3. The number of phenols is 1. The molecule has 0 aromatic heterocycles. The normalized spacial score (nSPS) is 13.0. The first-order valence-electron chi connectivity index (χ1n) is 14.3. The van der Waals surface area contributed by atoms with E-state index in [2.05, 4.69) is 17.6 Å². The third-order valence-corrected chi connectivity index (χ3v) is 6.65. The van der Waals surface area contributed by atoms with Gasteiger partial charge in [0.1, 0.15) is 23.4 Å². The number of carbonyl (C=O) groups is 3. The van der Waals surface area contributed by atoms with E-state index in [-0.39, 0.29) is 18.2 Å². The number of aromatic hydroxyl groups is 1. The third-order valence-electron chi connectivity index (χ3n) is 6.65. The summed E-state index contributed by atoms with van der Waals surface area (Å²) in [7, 11) is 0. The van der Waals surface area contributed by atoms with Crippen molar-refractivity contribution in [3.05, 3.63) is 72.3 Å². The van der Waals surface area contributed by atoms with Crippen LogP contribution in [0.15, 0.2) is 66.7 Å². The summed E-state index contributed by atoms with van der Waals surface area (Å²) >= 11 is 0. The molecule has 0 saturated carbocycles. The van der Waals surface area contributed by atoms with Crippen molar-refractivity contribution < 1.29 is 24.2 Å². The minimum absolute atomic E-state index is 0.0146. The Kier molecular flexibility index (Phi) is 10.8. The summed E-state index contributed by atoms with van der Waals surface area (Å²) in [4.78, 5) is 42.5. The van der Waals surface area contributed by atoms with Gasteiger partial charge in [-0.15, -0.1) is 0 Å². The van der Waals surface area contributed by atoms with Gasteiger partial charge in [0.05, 0.1) is 0 Å². The molecule has 0 aliphatic carbocycles. The van der Waals surface area contributed by atoms with Crippen molar-refractivity contribution in [2.24, 2.45) is 5.92 Å². The van der Waals surface area contributed by atoms with E-state index in [4.69, 9.17) is 4.74 Å². The second kappa shape index (κ2) is 14.0. The largest absolute Gasteiger partial charge is 0.508 e. The average molecular weight is 562 g/mol. The van der Waals surface area contributed by atoms with Gasteiger partial charge in [0.2, 0.25) is 5.91 Å². The summed E-state index contributed by atoms with van der Waals surface area (Å²) < 4.78 is 5.44. The Hall–Kier alpha value is -4.07. The van der Waals surface area contributed by atoms with Crippen LogP contribution in [0, 0.1) is 5.92 Å². The molecule has 3 aromatic carbocycles. The second-order valence-corrected chi connectivity index (χ2v) is 11.7. The number of carbonyl (C=O) groups excluding carboxylic acids is 3. The van der Waals surface area contributed by atoms with E-state index in [1.165, 1.54) is 17.0 Å². The van der Waals surface area contributed by atoms with Crippen LogP contribution in [0.5, 0.6) is 5.75 Å². The van der Waals surface area contributed by atoms with Gasteiger partial charge < -0.3 is 25.4 Å². The van der Waals surface area contributed by atoms with E-state index in [0.29, 0.717) is 17.7 Å². The molecule has 0 saturated heterocycles. The number of alkyl carbamates (subject to hydrolysis) is 1. The van der Waals surface area contributed by atoms with Crippen LogP contribution in [0.3, 0.4) is 0 Å². The molecule has 0 heterocycles. The van der Waals surface area contributed by atoms with Crippen molar-refractivity contribution >= 4 is 34.4 Å². The number of nitrogens with one attached hydrogen (secondary N) is 2. The maximum atomic E-state index is 14.2. The lowest BCUT2D eigenvalue weighted by atomic mass is 9.98. The smallest absolute Gasteiger partial charge is 0.408 e. The summed E-state index contributed by atoms with van der Waals surface area (Å²) in [5.41, 5.74) is 0.319. The van der Waals surface area contributed by atoms with Gasteiger partial charge in [-0.1, -0.05) is 76.1 Å². The minimum Gasteiger partial charge on any atom is -0.508 e. The maximum Gasteiger partial charge on any atom is 0.408 e. The monoisotopic (exact) mass is 561 g/mol. The fourth-order valence-electron chi connectivity index (χ4n) is 4.67. The van der Waals surface area contributed by atoms with Gasteiger partial charge in [-0.3, -0.25) is 9.59 Å². The highest BCUT2D eigenvalue weighted by molar-refractivity contribution is 6.00. The Morgan fingerprint density at radius 1 is 0.927 bits per heavy atom. The SMILES string of the molecule is CCCCCN(C(=O)C(NC(=O)OC(C)(C)C)C(C)C)C(C(=O)Nc1ccc2ccccc2c1)c1cccc(O)c1. The summed E-state index contributed by atoms with van der Waals surface area (Å²) in [5.74, 6) is -1.12. The van der Waals surface area contributed by atoms with E-state index in [0.717, 1.165) is 23.6 Å². The maximum absolute atomic E-state index is 14.2. The molecule has 8 nitrogen and oxygen atoms in total. The van der Waals surface area contributed by atoms with Gasteiger partial charge in [0, 0.05) is 12.2 Å². The molecule has 0 spiro atoms. The molecular weight excluding hydrogens is 518 g/mol. The topological polar surface area (TPSA) is 108 Å². The lowest BCUT2D eigenvalue weighted by Gasteiger charge is -2.35. The van der Waals surface area contributed by atoms with Crippen LogP contribution in [-0.2, 0) is 14.3 Å². The Labute approximate surface area is 243 Å². The molecule has 0 bridgehead atoms. The zero-order valence-electron chi connectivity index (χ0n) is 24.9. The molecule has 0 fully saturated rings. The van der Waals surface area contributed by atoms with Crippen molar-refractivity contribution in [2.45, 2.75) is 78.5 Å². The molecule has 8 heteroatoms. The van der Waals surface area contributed by atoms with Crippen LogP contribution in [0.25, 0.3) is 10.8 Å². The predicted molar refractivity (Wildman–Crippen MR) is 163 cm³/mol. The van der Waals surface area contributed by atoms with E-state index < -0.39 is 35.6 Å². The van der Waals surface area contributed by atoms with Crippen LogP contribution in [0.2, 0.25) is 0 Å². The summed E-state index contributed by atoms with van der Waals surface area (Å²) in [6.45, 7) is 11.3. The number of benzene rings is 3. The summed E-state index contributed by atoms with van der Waals surface area (Å²) in [6, 6.07) is 17.9. The van der Waals surface area contributed by atoms with Gasteiger partial charge in [0.15, 0.2) is 0 Å². The van der Waals surface area contributed by atoms with Crippen molar-refractivity contribution in [3.8, 4) is 5.75 Å². The third kappa shape index (κ3) is 8.96. The highest BCUT2D eigenvalue weighted by Gasteiger charge is 2.37.